The number of hydrogen-bond donors (Lipinski definition) is 1. The van der Waals surface area contributed by atoms with Crippen molar-refractivity contribution in [3.63, 3.8) is 0 Å². The Labute approximate surface area is 111 Å². The van der Waals surface area contributed by atoms with E-state index in [0.29, 0.717) is 36.0 Å². The highest BCUT2D eigenvalue weighted by atomic mass is 16.5. The van der Waals surface area contributed by atoms with E-state index in [0.717, 1.165) is 0 Å². The van der Waals surface area contributed by atoms with Gasteiger partial charge in [-0.05, 0) is 18.2 Å². The number of ether oxygens (including phenoxy) is 2. The Balaban J connectivity index is 1.97. The van der Waals surface area contributed by atoms with Crippen LogP contribution in [0.25, 0.3) is 0 Å². The van der Waals surface area contributed by atoms with Gasteiger partial charge in [0.05, 0.1) is 25.3 Å². The maximum absolute atomic E-state index is 8.90. The molecule has 2 rings (SSSR count). The van der Waals surface area contributed by atoms with Gasteiger partial charge in [0.15, 0.2) is 0 Å². The van der Waals surface area contributed by atoms with Crippen LogP contribution in [0.5, 0.6) is 11.5 Å². The van der Waals surface area contributed by atoms with Crippen LogP contribution in [0.15, 0.2) is 30.5 Å². The molecule has 6 heteroatoms. The maximum Gasteiger partial charge on any atom is 0.145 e. The van der Waals surface area contributed by atoms with Crippen LogP contribution in [0.3, 0.4) is 0 Å². The van der Waals surface area contributed by atoms with Crippen molar-refractivity contribution >= 4 is 5.82 Å². The average Bonchev–Trinajstić information content (AvgIpc) is 2.84. The van der Waals surface area contributed by atoms with Gasteiger partial charge in [0.25, 0.3) is 0 Å². The van der Waals surface area contributed by atoms with Crippen molar-refractivity contribution in [2.75, 3.05) is 19.5 Å². The van der Waals surface area contributed by atoms with Gasteiger partial charge in [0.2, 0.25) is 0 Å². The van der Waals surface area contributed by atoms with Crippen molar-refractivity contribution in [3.05, 3.63) is 36.0 Å². The van der Waals surface area contributed by atoms with Crippen molar-refractivity contribution in [1.82, 2.24) is 9.78 Å². The van der Waals surface area contributed by atoms with E-state index in [1.54, 1.807) is 42.3 Å². The fourth-order valence-corrected chi connectivity index (χ4v) is 1.60. The van der Waals surface area contributed by atoms with Crippen LogP contribution < -0.4 is 15.2 Å². The summed E-state index contributed by atoms with van der Waals surface area (Å²) in [7, 11) is 1.55. The third kappa shape index (κ3) is 3.39. The summed E-state index contributed by atoms with van der Waals surface area (Å²) < 4.78 is 12.4. The summed E-state index contributed by atoms with van der Waals surface area (Å²) in [6, 6.07) is 8.84. The Morgan fingerprint density at radius 3 is 2.79 bits per heavy atom. The first-order valence-corrected chi connectivity index (χ1v) is 5.72. The first kappa shape index (κ1) is 12.8. The van der Waals surface area contributed by atoms with Gasteiger partial charge in [-0.3, -0.25) is 4.68 Å². The van der Waals surface area contributed by atoms with Gasteiger partial charge in [-0.1, -0.05) is 0 Å². The van der Waals surface area contributed by atoms with E-state index in [9.17, 15) is 0 Å². The summed E-state index contributed by atoms with van der Waals surface area (Å²) in [6.07, 6.45) is 1.78. The van der Waals surface area contributed by atoms with Crippen LogP contribution in [0, 0.1) is 11.3 Å². The van der Waals surface area contributed by atoms with Crippen LogP contribution in [-0.4, -0.2) is 23.5 Å². The molecule has 2 N–H and O–H groups in total. The molecular weight excluding hydrogens is 244 g/mol. The Morgan fingerprint density at radius 1 is 1.37 bits per heavy atom. The molecule has 19 heavy (non-hydrogen) atoms. The van der Waals surface area contributed by atoms with Crippen molar-refractivity contribution in [1.29, 1.82) is 5.26 Å². The second kappa shape index (κ2) is 5.78. The van der Waals surface area contributed by atoms with Gasteiger partial charge >= 0.3 is 0 Å². The predicted octanol–water partition coefficient (Wildman–Crippen LogP) is 1.42. The molecule has 0 saturated carbocycles. The molecule has 0 spiro atoms. The fraction of sp³-hybridized carbons (Fsp3) is 0.231. The Bertz CT molecular complexity index is 601. The third-order valence-electron chi connectivity index (χ3n) is 2.50. The second-order valence-corrected chi connectivity index (χ2v) is 3.86. The lowest BCUT2D eigenvalue weighted by Gasteiger charge is -2.08. The number of nitrogen functional groups attached to an aromatic ring is 1. The number of benzene rings is 1. The zero-order chi connectivity index (χ0) is 13.7. The molecule has 98 valence electrons. The van der Waals surface area contributed by atoms with Gasteiger partial charge in [-0.25, -0.2) is 0 Å². The van der Waals surface area contributed by atoms with Crippen LogP contribution in [-0.2, 0) is 6.54 Å². The molecule has 0 saturated heterocycles. The van der Waals surface area contributed by atoms with Crippen molar-refractivity contribution < 1.29 is 9.47 Å². The average molecular weight is 258 g/mol. The van der Waals surface area contributed by atoms with Gasteiger partial charge in [0, 0.05) is 12.3 Å². The zero-order valence-corrected chi connectivity index (χ0v) is 10.5. The highest BCUT2D eigenvalue weighted by Gasteiger charge is 2.02. The highest BCUT2D eigenvalue weighted by Crippen LogP contribution is 2.22. The molecule has 1 aromatic carbocycles. The quantitative estimate of drug-likeness (QED) is 0.876. The van der Waals surface area contributed by atoms with Gasteiger partial charge in [-0.15, -0.1) is 0 Å². The minimum Gasteiger partial charge on any atom is -0.497 e. The second-order valence-electron chi connectivity index (χ2n) is 3.86. The molecule has 0 bridgehead atoms. The number of methoxy groups -OCH3 is 1. The van der Waals surface area contributed by atoms with Gasteiger partial charge in [-0.2, -0.15) is 10.4 Å². The van der Waals surface area contributed by atoms with Crippen molar-refractivity contribution in [2.24, 2.45) is 0 Å². The Morgan fingerprint density at radius 2 is 2.16 bits per heavy atom. The van der Waals surface area contributed by atoms with Crippen molar-refractivity contribution in [3.8, 4) is 17.6 Å². The number of nitrogens with two attached hydrogens (primary N) is 1. The lowest BCUT2D eigenvalue weighted by Crippen LogP contribution is -2.09. The number of nitrogens with zero attached hydrogens (tertiary/aromatic N) is 3. The number of hydrogen-bond acceptors (Lipinski definition) is 5. The molecule has 0 aliphatic rings. The highest BCUT2D eigenvalue weighted by molar-refractivity contribution is 5.43. The van der Waals surface area contributed by atoms with Crippen molar-refractivity contribution in [2.45, 2.75) is 6.54 Å². The van der Waals surface area contributed by atoms with Gasteiger partial charge < -0.3 is 15.2 Å². The molecule has 6 nitrogen and oxygen atoms in total. The van der Waals surface area contributed by atoms with E-state index >= 15 is 0 Å². The first-order valence-electron chi connectivity index (χ1n) is 5.72. The van der Waals surface area contributed by atoms with Gasteiger partial charge in [0.1, 0.15) is 23.9 Å². The molecule has 0 amide bonds. The summed E-state index contributed by atoms with van der Waals surface area (Å²) in [5.41, 5.74) is 6.01. The molecule has 0 radical (unpaired) electrons. The van der Waals surface area contributed by atoms with E-state index in [4.69, 9.17) is 20.5 Å². The molecule has 1 heterocycles. The minimum atomic E-state index is 0.430. The van der Waals surface area contributed by atoms with Crippen LogP contribution in [0.4, 0.5) is 5.82 Å². The van der Waals surface area contributed by atoms with E-state index in [1.807, 2.05) is 0 Å². The Hall–Kier alpha value is -2.68. The summed E-state index contributed by atoms with van der Waals surface area (Å²) >= 11 is 0. The molecule has 0 fully saturated rings. The van der Waals surface area contributed by atoms with Crippen LogP contribution in [0.1, 0.15) is 5.56 Å². The fourth-order valence-electron chi connectivity index (χ4n) is 1.60. The normalized spacial score (nSPS) is 9.89. The summed E-state index contributed by atoms with van der Waals surface area (Å²) in [4.78, 5) is 0. The number of aromatic nitrogens is 2. The van der Waals surface area contributed by atoms with E-state index in [2.05, 4.69) is 11.2 Å². The largest absolute Gasteiger partial charge is 0.497 e. The number of rotatable bonds is 5. The lowest BCUT2D eigenvalue weighted by molar-refractivity contribution is 0.289. The van der Waals surface area contributed by atoms with E-state index < -0.39 is 0 Å². The summed E-state index contributed by atoms with van der Waals surface area (Å²) in [5, 5.41) is 12.9. The monoisotopic (exact) mass is 258 g/mol. The topological polar surface area (TPSA) is 86.1 Å². The van der Waals surface area contributed by atoms with Crippen LogP contribution >= 0.6 is 0 Å². The lowest BCUT2D eigenvalue weighted by atomic mass is 10.2. The van der Waals surface area contributed by atoms with Crippen LogP contribution in [0.2, 0.25) is 0 Å². The van der Waals surface area contributed by atoms with E-state index in [1.165, 1.54) is 0 Å². The smallest absolute Gasteiger partial charge is 0.145 e. The molecule has 2 aromatic rings. The van der Waals surface area contributed by atoms with E-state index in [-0.39, 0.29) is 0 Å². The first-order chi connectivity index (χ1) is 9.21. The molecule has 0 unspecified atom stereocenters. The molecule has 0 aliphatic carbocycles. The summed E-state index contributed by atoms with van der Waals surface area (Å²) in [5.74, 6) is 1.67. The zero-order valence-electron chi connectivity index (χ0n) is 10.5. The standard InChI is InChI=1S/C13H14N4O2/c1-18-11-6-10(9-14)7-12(8-11)19-5-4-17-3-2-13(15)16-17/h2-3,6-8H,4-5H2,1H3,(H2,15,16). The molecule has 0 aliphatic heterocycles. The molecular formula is C13H14N4O2. The molecule has 0 atom stereocenters. The molecule has 1 aromatic heterocycles. The number of nitriles is 1. The third-order valence-corrected chi connectivity index (χ3v) is 2.50. The number of anilines is 1. The SMILES string of the molecule is COc1cc(C#N)cc(OCCn2ccc(N)n2)c1. The summed E-state index contributed by atoms with van der Waals surface area (Å²) in [6.45, 7) is 1.01. The maximum atomic E-state index is 8.90. The minimum absolute atomic E-state index is 0.430. The Kier molecular flexibility index (Phi) is 3.88. The predicted molar refractivity (Wildman–Crippen MR) is 69.8 cm³/mol.